The van der Waals surface area contributed by atoms with E-state index in [-0.39, 0.29) is 12.1 Å². The van der Waals surface area contributed by atoms with Crippen molar-refractivity contribution in [3.05, 3.63) is 59.9 Å². The molecular weight excluding hydrogens is 326 g/mol. The molecule has 1 heterocycles. The standard InChI is InChI=1S/C18H21NO4S/c1-24(21,22)17-8-7-16(11-17)23-18(20)15-9-10-19(13-15)12-14-5-3-2-4-6-14/h2-6,9-10,13,16-17H,7-8,11-12H2,1H3. The van der Waals surface area contributed by atoms with Crippen LogP contribution in [-0.2, 0) is 21.1 Å². The Bertz CT molecular complexity index is 811. The number of carbonyl (C=O) groups excluding carboxylic acids is 1. The summed E-state index contributed by atoms with van der Waals surface area (Å²) in [6.07, 6.45) is 6.10. The molecule has 1 fully saturated rings. The molecule has 24 heavy (non-hydrogen) atoms. The zero-order chi connectivity index (χ0) is 17.2. The van der Waals surface area contributed by atoms with Gasteiger partial charge >= 0.3 is 5.97 Å². The second kappa shape index (κ2) is 6.81. The van der Waals surface area contributed by atoms with Crippen LogP contribution in [-0.4, -0.2) is 36.6 Å². The Balaban J connectivity index is 1.58. The van der Waals surface area contributed by atoms with E-state index >= 15 is 0 Å². The Kier molecular flexibility index (Phi) is 4.76. The van der Waals surface area contributed by atoms with Gasteiger partial charge < -0.3 is 9.30 Å². The summed E-state index contributed by atoms with van der Waals surface area (Å²) in [5.41, 5.74) is 1.65. The normalized spacial score (nSPS) is 20.9. The van der Waals surface area contributed by atoms with Gasteiger partial charge in [-0.3, -0.25) is 0 Å². The van der Waals surface area contributed by atoms with Crippen LogP contribution in [0.2, 0.25) is 0 Å². The SMILES string of the molecule is CS(=O)(=O)C1CCC(OC(=O)c2ccn(Cc3ccccc3)c2)C1. The van der Waals surface area contributed by atoms with Gasteiger partial charge in [0.1, 0.15) is 15.9 Å². The molecule has 1 aromatic carbocycles. The number of benzene rings is 1. The third-order valence-corrected chi connectivity index (χ3v) is 6.05. The zero-order valence-electron chi connectivity index (χ0n) is 13.6. The molecule has 2 aromatic rings. The average molecular weight is 347 g/mol. The number of rotatable bonds is 5. The molecule has 1 aliphatic rings. The molecule has 0 bridgehead atoms. The predicted octanol–water partition coefficient (Wildman–Crippen LogP) is 2.66. The number of aromatic nitrogens is 1. The molecule has 2 unspecified atom stereocenters. The van der Waals surface area contributed by atoms with Crippen LogP contribution in [0.15, 0.2) is 48.8 Å². The number of nitrogens with zero attached hydrogens (tertiary/aromatic N) is 1. The highest BCUT2D eigenvalue weighted by Gasteiger charge is 2.33. The van der Waals surface area contributed by atoms with E-state index in [9.17, 15) is 13.2 Å². The van der Waals surface area contributed by atoms with E-state index in [0.717, 1.165) is 5.56 Å². The Hall–Kier alpha value is -2.08. The van der Waals surface area contributed by atoms with E-state index in [1.807, 2.05) is 41.1 Å². The first-order valence-electron chi connectivity index (χ1n) is 8.01. The van der Waals surface area contributed by atoms with Crippen molar-refractivity contribution < 1.29 is 17.9 Å². The summed E-state index contributed by atoms with van der Waals surface area (Å²) >= 11 is 0. The summed E-state index contributed by atoms with van der Waals surface area (Å²) in [7, 11) is -3.06. The first-order valence-corrected chi connectivity index (χ1v) is 9.97. The van der Waals surface area contributed by atoms with Gasteiger partial charge in [-0.25, -0.2) is 13.2 Å². The van der Waals surface area contributed by atoms with E-state index in [2.05, 4.69) is 0 Å². The maximum absolute atomic E-state index is 12.2. The van der Waals surface area contributed by atoms with E-state index in [1.165, 1.54) is 6.26 Å². The highest BCUT2D eigenvalue weighted by molar-refractivity contribution is 7.91. The van der Waals surface area contributed by atoms with E-state index in [1.54, 1.807) is 12.3 Å². The fourth-order valence-electron chi connectivity index (χ4n) is 3.07. The molecular formula is C18H21NO4S. The minimum absolute atomic E-state index is 0.310. The summed E-state index contributed by atoms with van der Waals surface area (Å²) in [4.78, 5) is 12.2. The molecule has 0 aliphatic heterocycles. The molecule has 0 radical (unpaired) electrons. The predicted molar refractivity (Wildman–Crippen MR) is 91.7 cm³/mol. The summed E-state index contributed by atoms with van der Waals surface area (Å²) in [6.45, 7) is 0.688. The number of hydrogen-bond donors (Lipinski definition) is 0. The molecule has 1 saturated carbocycles. The van der Waals surface area contributed by atoms with Gasteiger partial charge in [-0.1, -0.05) is 30.3 Å². The number of esters is 1. The van der Waals surface area contributed by atoms with Crippen molar-refractivity contribution in [3.8, 4) is 0 Å². The van der Waals surface area contributed by atoms with Gasteiger partial charge in [-0.05, 0) is 24.5 Å². The largest absolute Gasteiger partial charge is 0.459 e. The van der Waals surface area contributed by atoms with Gasteiger partial charge in [-0.15, -0.1) is 0 Å². The maximum Gasteiger partial charge on any atom is 0.339 e. The smallest absolute Gasteiger partial charge is 0.339 e. The van der Waals surface area contributed by atoms with E-state index in [0.29, 0.717) is 31.4 Å². The van der Waals surface area contributed by atoms with Gasteiger partial charge in [0.05, 0.1) is 10.8 Å². The molecule has 2 atom stereocenters. The van der Waals surface area contributed by atoms with Crippen LogP contribution in [0.3, 0.4) is 0 Å². The lowest BCUT2D eigenvalue weighted by atomic mass is 10.2. The fourth-order valence-corrected chi connectivity index (χ4v) is 4.20. The minimum atomic E-state index is -3.06. The maximum atomic E-state index is 12.2. The fraction of sp³-hybridized carbons (Fsp3) is 0.389. The minimum Gasteiger partial charge on any atom is -0.459 e. The zero-order valence-corrected chi connectivity index (χ0v) is 14.4. The van der Waals surface area contributed by atoms with Crippen molar-refractivity contribution in [1.82, 2.24) is 4.57 Å². The number of sulfone groups is 1. The average Bonchev–Trinajstić information content (AvgIpc) is 3.17. The quantitative estimate of drug-likeness (QED) is 0.780. The van der Waals surface area contributed by atoms with Gasteiger partial charge in [-0.2, -0.15) is 0 Å². The molecule has 1 aliphatic carbocycles. The lowest BCUT2D eigenvalue weighted by Gasteiger charge is -2.11. The summed E-state index contributed by atoms with van der Waals surface area (Å²) in [6, 6.07) is 11.7. The third kappa shape index (κ3) is 4.06. The number of ether oxygens (including phenoxy) is 1. The molecule has 0 saturated heterocycles. The monoisotopic (exact) mass is 347 g/mol. The van der Waals surface area contributed by atoms with Crippen LogP contribution in [0.5, 0.6) is 0 Å². The Labute approximate surface area is 142 Å². The van der Waals surface area contributed by atoms with Crippen molar-refractivity contribution in [3.63, 3.8) is 0 Å². The third-order valence-electron chi connectivity index (χ3n) is 4.41. The number of hydrogen-bond acceptors (Lipinski definition) is 4. The van der Waals surface area contributed by atoms with Crippen LogP contribution < -0.4 is 0 Å². The highest BCUT2D eigenvalue weighted by Crippen LogP contribution is 2.27. The van der Waals surface area contributed by atoms with Crippen molar-refractivity contribution in [2.45, 2.75) is 37.2 Å². The second-order valence-electron chi connectivity index (χ2n) is 6.35. The van der Waals surface area contributed by atoms with Crippen molar-refractivity contribution >= 4 is 15.8 Å². The van der Waals surface area contributed by atoms with Gasteiger partial charge in [0.2, 0.25) is 0 Å². The molecule has 0 N–H and O–H groups in total. The molecule has 0 amide bonds. The van der Waals surface area contributed by atoms with Crippen LogP contribution in [0.4, 0.5) is 0 Å². The Morgan fingerprint density at radius 1 is 1.21 bits per heavy atom. The molecule has 5 nitrogen and oxygen atoms in total. The van der Waals surface area contributed by atoms with E-state index < -0.39 is 15.1 Å². The van der Waals surface area contributed by atoms with Crippen molar-refractivity contribution in [2.24, 2.45) is 0 Å². The lowest BCUT2D eigenvalue weighted by molar-refractivity contribution is 0.0318. The van der Waals surface area contributed by atoms with Crippen LogP contribution in [0.25, 0.3) is 0 Å². The van der Waals surface area contributed by atoms with Gasteiger partial charge in [0.15, 0.2) is 0 Å². The van der Waals surface area contributed by atoms with Crippen LogP contribution in [0.1, 0.15) is 35.2 Å². The summed E-state index contributed by atoms with van der Waals surface area (Å²) < 4.78 is 30.5. The van der Waals surface area contributed by atoms with Crippen molar-refractivity contribution in [2.75, 3.05) is 6.26 Å². The van der Waals surface area contributed by atoms with Crippen LogP contribution in [0, 0.1) is 0 Å². The molecule has 3 rings (SSSR count). The Morgan fingerprint density at radius 3 is 2.62 bits per heavy atom. The van der Waals surface area contributed by atoms with Gasteiger partial charge in [0.25, 0.3) is 0 Å². The highest BCUT2D eigenvalue weighted by atomic mass is 32.2. The lowest BCUT2D eigenvalue weighted by Crippen LogP contribution is -2.20. The molecule has 128 valence electrons. The van der Waals surface area contributed by atoms with Crippen LogP contribution >= 0.6 is 0 Å². The Morgan fingerprint density at radius 2 is 1.96 bits per heavy atom. The second-order valence-corrected chi connectivity index (χ2v) is 8.68. The number of carbonyl (C=O) groups is 1. The first-order chi connectivity index (χ1) is 11.4. The summed E-state index contributed by atoms with van der Waals surface area (Å²) in [5.74, 6) is -0.388. The van der Waals surface area contributed by atoms with Crippen molar-refractivity contribution in [1.29, 1.82) is 0 Å². The van der Waals surface area contributed by atoms with Gasteiger partial charge in [0, 0.05) is 31.6 Å². The molecule has 1 aromatic heterocycles. The van der Waals surface area contributed by atoms with E-state index in [4.69, 9.17) is 4.74 Å². The molecule has 6 heteroatoms. The first kappa shape index (κ1) is 16.8. The topological polar surface area (TPSA) is 65.4 Å². The molecule has 0 spiro atoms. The summed E-state index contributed by atoms with van der Waals surface area (Å²) in [5, 5.41) is -0.391.